The van der Waals surface area contributed by atoms with Crippen LogP contribution < -0.4 is 4.90 Å². The summed E-state index contributed by atoms with van der Waals surface area (Å²) in [7, 11) is 0. The van der Waals surface area contributed by atoms with E-state index < -0.39 is 30.0 Å². The molecule has 0 atom stereocenters. The smallest absolute Gasteiger partial charge is 0.358 e. The summed E-state index contributed by atoms with van der Waals surface area (Å²) in [6.07, 6.45) is -4.16. The third kappa shape index (κ3) is 4.63. The van der Waals surface area contributed by atoms with Gasteiger partial charge >= 0.3 is 6.18 Å². The Morgan fingerprint density at radius 1 is 1.16 bits per heavy atom. The van der Waals surface area contributed by atoms with Gasteiger partial charge in [-0.15, -0.1) is 0 Å². The fraction of sp³-hybridized carbons (Fsp3) is 0.500. The quantitative estimate of drug-likeness (QED) is 0.555. The van der Waals surface area contributed by atoms with Crippen molar-refractivity contribution >= 4 is 21.6 Å². The Morgan fingerprint density at radius 3 is 2.05 bits per heavy atom. The Kier molecular flexibility index (Phi) is 5.58. The average Bonchev–Trinajstić information content (AvgIpc) is 2.26. The second-order valence-corrected chi connectivity index (χ2v) is 4.64. The monoisotopic (exact) mass is 345 g/mol. The first-order chi connectivity index (χ1) is 8.78. The first kappa shape index (κ1) is 16.2. The molecule has 0 aliphatic carbocycles. The molecule has 1 aromatic rings. The van der Waals surface area contributed by atoms with Crippen LogP contribution in [0.2, 0.25) is 0 Å². The minimum absolute atomic E-state index is 0.0684. The number of halogens is 6. The van der Waals surface area contributed by atoms with Gasteiger partial charge in [-0.1, -0.05) is 22.9 Å². The van der Waals surface area contributed by atoms with E-state index in [4.69, 9.17) is 0 Å². The number of alkyl halides is 4. The van der Waals surface area contributed by atoms with Crippen molar-refractivity contribution in [2.24, 2.45) is 0 Å². The van der Waals surface area contributed by atoms with E-state index in [1.165, 1.54) is 0 Å². The lowest BCUT2D eigenvalue weighted by Crippen LogP contribution is -2.36. The molecule has 0 unspecified atom stereocenters. The number of hydrogen-bond donors (Lipinski definition) is 0. The van der Waals surface area contributed by atoms with Gasteiger partial charge in [-0.3, -0.25) is 0 Å². The van der Waals surface area contributed by atoms with Crippen LogP contribution in [0.5, 0.6) is 0 Å². The Balaban J connectivity index is 3.15. The van der Waals surface area contributed by atoms with Crippen LogP contribution >= 0.6 is 15.9 Å². The number of nitrogens with zero attached hydrogens (tertiary/aromatic N) is 1. The molecule has 0 amide bonds. The van der Waals surface area contributed by atoms with Crippen molar-refractivity contribution in [3.63, 3.8) is 0 Å². The summed E-state index contributed by atoms with van der Waals surface area (Å²) in [4.78, 5) is 0.683. The average molecular weight is 346 g/mol. The van der Waals surface area contributed by atoms with Crippen LogP contribution in [0, 0.1) is 11.6 Å². The molecule has 1 rings (SSSR count). The lowest BCUT2D eigenvalue weighted by atomic mass is 10.2. The molecular weight excluding hydrogens is 333 g/mol. The first-order valence-corrected chi connectivity index (χ1v) is 6.76. The van der Waals surface area contributed by atoms with E-state index in [2.05, 4.69) is 15.9 Å². The SMILES string of the molecule is CCCN(CC(F)(F)F)c1c(F)cc(CBr)cc1F. The molecule has 1 aromatic carbocycles. The molecular formula is C12H13BrF5N. The third-order valence-electron chi connectivity index (χ3n) is 2.41. The predicted octanol–water partition coefficient (Wildman–Crippen LogP) is 4.64. The van der Waals surface area contributed by atoms with E-state index in [-0.39, 0.29) is 11.9 Å². The van der Waals surface area contributed by atoms with Crippen LogP contribution in [-0.2, 0) is 5.33 Å². The van der Waals surface area contributed by atoms with Crippen molar-refractivity contribution in [3.05, 3.63) is 29.3 Å². The Bertz CT molecular complexity index is 410. The van der Waals surface area contributed by atoms with Crippen molar-refractivity contribution in [2.75, 3.05) is 18.0 Å². The first-order valence-electron chi connectivity index (χ1n) is 5.64. The number of anilines is 1. The molecule has 0 saturated heterocycles. The van der Waals surface area contributed by atoms with E-state index in [0.717, 1.165) is 12.1 Å². The van der Waals surface area contributed by atoms with Gasteiger partial charge in [0.1, 0.15) is 23.9 Å². The molecule has 7 heteroatoms. The molecule has 0 aliphatic heterocycles. The molecule has 108 valence electrons. The van der Waals surface area contributed by atoms with Crippen molar-refractivity contribution < 1.29 is 22.0 Å². The minimum atomic E-state index is -4.51. The highest BCUT2D eigenvalue weighted by Crippen LogP contribution is 2.29. The van der Waals surface area contributed by atoms with Gasteiger partial charge < -0.3 is 4.90 Å². The Morgan fingerprint density at radius 2 is 1.68 bits per heavy atom. The maximum absolute atomic E-state index is 13.8. The zero-order chi connectivity index (χ0) is 14.6. The second-order valence-electron chi connectivity index (χ2n) is 4.08. The van der Waals surface area contributed by atoms with E-state index in [1.54, 1.807) is 6.92 Å². The largest absolute Gasteiger partial charge is 0.405 e. The molecule has 0 spiro atoms. The maximum atomic E-state index is 13.8. The van der Waals surface area contributed by atoms with Crippen molar-refractivity contribution in [1.29, 1.82) is 0 Å². The molecule has 0 bridgehead atoms. The highest BCUT2D eigenvalue weighted by Gasteiger charge is 2.32. The summed E-state index contributed by atoms with van der Waals surface area (Å²) in [5.41, 5.74) is -0.286. The van der Waals surface area contributed by atoms with Gasteiger partial charge in [-0.05, 0) is 24.1 Å². The van der Waals surface area contributed by atoms with Gasteiger partial charge in [0.05, 0.1) is 0 Å². The molecule has 0 radical (unpaired) electrons. The fourth-order valence-corrected chi connectivity index (χ4v) is 2.08. The summed E-state index contributed by atoms with van der Waals surface area (Å²) in [5.74, 6) is -1.96. The molecule has 0 fully saturated rings. The van der Waals surface area contributed by atoms with E-state index in [9.17, 15) is 22.0 Å². The second kappa shape index (κ2) is 6.54. The van der Waals surface area contributed by atoms with Gasteiger partial charge in [0.2, 0.25) is 0 Å². The van der Waals surface area contributed by atoms with Crippen molar-refractivity contribution in [1.82, 2.24) is 0 Å². The topological polar surface area (TPSA) is 3.24 Å². The van der Waals surface area contributed by atoms with Gasteiger partial charge in [-0.25, -0.2) is 8.78 Å². The van der Waals surface area contributed by atoms with Crippen LogP contribution in [0.4, 0.5) is 27.6 Å². The summed E-state index contributed by atoms with van der Waals surface area (Å²) in [5, 5.41) is 0.230. The van der Waals surface area contributed by atoms with E-state index >= 15 is 0 Å². The number of benzene rings is 1. The normalized spacial score (nSPS) is 11.7. The van der Waals surface area contributed by atoms with Gasteiger partial charge in [-0.2, -0.15) is 13.2 Å². The van der Waals surface area contributed by atoms with Crippen LogP contribution in [0.3, 0.4) is 0 Å². The van der Waals surface area contributed by atoms with Crippen LogP contribution in [-0.4, -0.2) is 19.3 Å². The van der Waals surface area contributed by atoms with E-state index in [1.807, 2.05) is 0 Å². The van der Waals surface area contributed by atoms with Crippen molar-refractivity contribution in [3.8, 4) is 0 Å². The standard InChI is InChI=1S/C12H13BrF5N/c1-2-3-19(7-12(16,17)18)11-9(14)4-8(6-13)5-10(11)15/h4-5H,2-3,6-7H2,1H3. The summed E-state index contributed by atoms with van der Waals surface area (Å²) < 4.78 is 64.8. The van der Waals surface area contributed by atoms with E-state index in [0.29, 0.717) is 16.9 Å². The van der Waals surface area contributed by atoms with Gasteiger partial charge in [0.25, 0.3) is 0 Å². The summed E-state index contributed by atoms with van der Waals surface area (Å²) in [6.45, 7) is 0.204. The highest BCUT2D eigenvalue weighted by molar-refractivity contribution is 9.08. The van der Waals surface area contributed by atoms with Gasteiger partial charge in [0, 0.05) is 11.9 Å². The summed E-state index contributed by atoms with van der Waals surface area (Å²) in [6, 6.07) is 2.07. The molecule has 19 heavy (non-hydrogen) atoms. The number of hydrogen-bond acceptors (Lipinski definition) is 1. The fourth-order valence-electron chi connectivity index (χ4n) is 1.75. The molecule has 0 aliphatic rings. The third-order valence-corrected chi connectivity index (χ3v) is 3.06. The van der Waals surface area contributed by atoms with Gasteiger partial charge in [0.15, 0.2) is 0 Å². The lowest BCUT2D eigenvalue weighted by molar-refractivity contribution is -0.119. The predicted molar refractivity (Wildman–Crippen MR) is 67.5 cm³/mol. The van der Waals surface area contributed by atoms with Crippen LogP contribution in [0.1, 0.15) is 18.9 Å². The molecule has 0 saturated carbocycles. The number of rotatable bonds is 5. The minimum Gasteiger partial charge on any atom is -0.358 e. The van der Waals surface area contributed by atoms with Crippen molar-refractivity contribution in [2.45, 2.75) is 24.9 Å². The zero-order valence-electron chi connectivity index (χ0n) is 10.2. The zero-order valence-corrected chi connectivity index (χ0v) is 11.8. The van der Waals surface area contributed by atoms with Crippen LogP contribution in [0.25, 0.3) is 0 Å². The molecule has 0 N–H and O–H groups in total. The molecule has 1 nitrogen and oxygen atoms in total. The Labute approximate surface area is 116 Å². The molecule has 0 heterocycles. The van der Waals surface area contributed by atoms with Crippen LogP contribution in [0.15, 0.2) is 12.1 Å². The lowest BCUT2D eigenvalue weighted by Gasteiger charge is -2.26. The maximum Gasteiger partial charge on any atom is 0.405 e. The Hall–Kier alpha value is -0.850. The molecule has 0 aromatic heterocycles. The highest BCUT2D eigenvalue weighted by atomic mass is 79.9. The summed E-state index contributed by atoms with van der Waals surface area (Å²) >= 11 is 3.04.